The van der Waals surface area contributed by atoms with E-state index < -0.39 is 15.0 Å². The fourth-order valence-electron chi connectivity index (χ4n) is 1.36. The van der Waals surface area contributed by atoms with Crippen LogP contribution in [0.25, 0.3) is 0 Å². The first-order valence-corrected chi connectivity index (χ1v) is 9.21. The van der Waals surface area contributed by atoms with E-state index in [1.165, 1.54) is 12.1 Å². The Labute approximate surface area is 135 Å². The second kappa shape index (κ2) is 7.11. The molecule has 0 bridgehead atoms. The van der Waals surface area contributed by atoms with Crippen molar-refractivity contribution in [1.82, 2.24) is 0 Å². The SMILES string of the molecule is CC(C)CCOC(=O)c1cc(Br)cc(S(=O)(=O)Cl)c1Cl. The summed E-state index contributed by atoms with van der Waals surface area (Å²) < 4.78 is 28.2. The zero-order valence-corrected chi connectivity index (χ0v) is 14.7. The molecule has 0 atom stereocenters. The lowest BCUT2D eigenvalue weighted by atomic mass is 10.1. The fourth-order valence-corrected chi connectivity index (χ4v) is 3.53. The summed E-state index contributed by atoms with van der Waals surface area (Å²) in [4.78, 5) is 11.6. The third kappa shape index (κ3) is 4.91. The summed E-state index contributed by atoms with van der Waals surface area (Å²) in [6, 6.07) is 2.63. The Kier molecular flexibility index (Phi) is 6.31. The van der Waals surface area contributed by atoms with Crippen LogP contribution in [0.3, 0.4) is 0 Å². The molecule has 0 unspecified atom stereocenters. The smallest absolute Gasteiger partial charge is 0.339 e. The van der Waals surface area contributed by atoms with Crippen LogP contribution in [0.2, 0.25) is 5.02 Å². The number of esters is 1. The highest BCUT2D eigenvalue weighted by Gasteiger charge is 2.23. The Morgan fingerprint density at radius 2 is 2.00 bits per heavy atom. The van der Waals surface area contributed by atoms with E-state index in [-0.39, 0.29) is 22.1 Å². The molecule has 112 valence electrons. The maximum Gasteiger partial charge on any atom is 0.339 e. The summed E-state index contributed by atoms with van der Waals surface area (Å²) >= 11 is 9.03. The van der Waals surface area contributed by atoms with Crippen LogP contribution in [0.5, 0.6) is 0 Å². The summed E-state index contributed by atoms with van der Waals surface area (Å²) in [5.74, 6) is -0.293. The quantitative estimate of drug-likeness (QED) is 0.545. The monoisotopic (exact) mass is 402 g/mol. The summed E-state index contributed by atoms with van der Waals surface area (Å²) in [6.07, 6.45) is 0.706. The number of hydrogen-bond donors (Lipinski definition) is 0. The molecule has 0 saturated heterocycles. The van der Waals surface area contributed by atoms with E-state index in [1.54, 1.807) is 0 Å². The molecule has 4 nitrogen and oxygen atoms in total. The van der Waals surface area contributed by atoms with Crippen LogP contribution in [0.15, 0.2) is 21.5 Å². The number of hydrogen-bond acceptors (Lipinski definition) is 4. The van der Waals surface area contributed by atoms with Gasteiger partial charge in [-0.25, -0.2) is 13.2 Å². The van der Waals surface area contributed by atoms with Gasteiger partial charge in [0.05, 0.1) is 17.2 Å². The molecule has 8 heteroatoms. The predicted octanol–water partition coefficient (Wildman–Crippen LogP) is 4.23. The average molecular weight is 404 g/mol. The molecule has 0 saturated carbocycles. The predicted molar refractivity (Wildman–Crippen MR) is 81.9 cm³/mol. The van der Waals surface area contributed by atoms with E-state index in [0.29, 0.717) is 16.8 Å². The Morgan fingerprint density at radius 1 is 1.40 bits per heavy atom. The van der Waals surface area contributed by atoms with Crippen molar-refractivity contribution in [2.24, 2.45) is 5.92 Å². The van der Waals surface area contributed by atoms with Crippen molar-refractivity contribution in [2.45, 2.75) is 25.2 Å². The van der Waals surface area contributed by atoms with E-state index in [1.807, 2.05) is 13.8 Å². The van der Waals surface area contributed by atoms with Crippen molar-refractivity contribution in [3.8, 4) is 0 Å². The maximum absolute atomic E-state index is 11.9. The van der Waals surface area contributed by atoms with Crippen molar-refractivity contribution < 1.29 is 17.9 Å². The normalized spacial score (nSPS) is 11.7. The first kappa shape index (κ1) is 17.8. The summed E-state index contributed by atoms with van der Waals surface area (Å²) in [7, 11) is 1.23. The highest BCUT2D eigenvalue weighted by atomic mass is 79.9. The molecular formula is C12H13BrCl2O4S. The number of ether oxygens (including phenoxy) is 1. The molecule has 1 aromatic rings. The fraction of sp³-hybridized carbons (Fsp3) is 0.417. The van der Waals surface area contributed by atoms with Gasteiger partial charge in [0.2, 0.25) is 0 Å². The van der Waals surface area contributed by atoms with Gasteiger partial charge in [-0.05, 0) is 24.5 Å². The van der Waals surface area contributed by atoms with Crippen molar-refractivity contribution in [2.75, 3.05) is 6.61 Å². The highest BCUT2D eigenvalue weighted by Crippen LogP contribution is 2.32. The molecule has 0 N–H and O–H groups in total. The number of carbonyl (C=O) groups is 1. The highest BCUT2D eigenvalue weighted by molar-refractivity contribution is 9.10. The molecule has 0 spiro atoms. The first-order valence-electron chi connectivity index (χ1n) is 5.73. The van der Waals surface area contributed by atoms with Gasteiger partial charge in [-0.15, -0.1) is 0 Å². The molecule has 0 aromatic heterocycles. The van der Waals surface area contributed by atoms with Crippen molar-refractivity contribution in [1.29, 1.82) is 0 Å². The lowest BCUT2D eigenvalue weighted by molar-refractivity contribution is 0.0488. The van der Waals surface area contributed by atoms with Gasteiger partial charge in [0.15, 0.2) is 0 Å². The van der Waals surface area contributed by atoms with Crippen molar-refractivity contribution in [3.63, 3.8) is 0 Å². The van der Waals surface area contributed by atoms with Gasteiger partial charge in [0.1, 0.15) is 4.90 Å². The lowest BCUT2D eigenvalue weighted by Gasteiger charge is -2.10. The zero-order valence-electron chi connectivity index (χ0n) is 10.8. The molecule has 1 aromatic carbocycles. The second-order valence-corrected chi connectivity index (χ2v) is 8.35. The Hall–Kier alpha value is -0.300. The number of halogens is 3. The van der Waals surface area contributed by atoms with E-state index in [9.17, 15) is 13.2 Å². The van der Waals surface area contributed by atoms with Gasteiger partial charge in [0.25, 0.3) is 9.05 Å². The van der Waals surface area contributed by atoms with Crippen LogP contribution >= 0.6 is 38.2 Å². The summed E-state index contributed by atoms with van der Waals surface area (Å²) in [6.45, 7) is 4.23. The lowest BCUT2D eigenvalue weighted by Crippen LogP contribution is -2.10. The number of rotatable bonds is 5. The molecule has 20 heavy (non-hydrogen) atoms. The number of benzene rings is 1. The van der Waals surface area contributed by atoms with Crippen LogP contribution in [-0.2, 0) is 13.8 Å². The molecule has 0 aliphatic heterocycles. The molecule has 0 aliphatic carbocycles. The third-order valence-electron chi connectivity index (χ3n) is 2.41. The topological polar surface area (TPSA) is 60.4 Å². The van der Waals surface area contributed by atoms with Crippen LogP contribution in [0.4, 0.5) is 0 Å². The van der Waals surface area contributed by atoms with Crippen LogP contribution in [0, 0.1) is 5.92 Å². The molecule has 0 heterocycles. The van der Waals surface area contributed by atoms with Crippen LogP contribution in [0.1, 0.15) is 30.6 Å². The molecule has 0 radical (unpaired) electrons. The van der Waals surface area contributed by atoms with E-state index in [0.717, 1.165) is 0 Å². The molecule has 1 rings (SSSR count). The van der Waals surface area contributed by atoms with Gasteiger partial charge in [-0.3, -0.25) is 0 Å². The van der Waals surface area contributed by atoms with Gasteiger partial charge >= 0.3 is 5.97 Å². The third-order valence-corrected chi connectivity index (χ3v) is 4.74. The minimum Gasteiger partial charge on any atom is -0.462 e. The summed E-state index contributed by atoms with van der Waals surface area (Å²) in [5, 5.41) is -0.238. The second-order valence-electron chi connectivity index (χ2n) is 4.52. The average Bonchev–Trinajstić information content (AvgIpc) is 2.29. The van der Waals surface area contributed by atoms with E-state index in [4.69, 9.17) is 27.0 Å². The Balaban J connectivity index is 3.07. The van der Waals surface area contributed by atoms with E-state index in [2.05, 4.69) is 15.9 Å². The van der Waals surface area contributed by atoms with Crippen molar-refractivity contribution >= 4 is 53.2 Å². The van der Waals surface area contributed by atoms with E-state index >= 15 is 0 Å². The minimum atomic E-state index is -4.04. The Morgan fingerprint density at radius 3 is 2.50 bits per heavy atom. The first-order chi connectivity index (χ1) is 9.12. The molecule has 0 aliphatic rings. The Bertz CT molecular complexity index is 614. The molecule has 0 fully saturated rings. The van der Waals surface area contributed by atoms with Crippen LogP contribution in [-0.4, -0.2) is 21.0 Å². The molecule has 0 amide bonds. The largest absolute Gasteiger partial charge is 0.462 e. The molecular weight excluding hydrogens is 391 g/mol. The van der Waals surface area contributed by atoms with Gasteiger partial charge in [-0.2, -0.15) is 0 Å². The minimum absolute atomic E-state index is 0.0379. The van der Waals surface area contributed by atoms with Gasteiger partial charge < -0.3 is 4.74 Å². The van der Waals surface area contributed by atoms with Crippen LogP contribution < -0.4 is 0 Å². The summed E-state index contributed by atoms with van der Waals surface area (Å²) in [5.41, 5.74) is -0.0379. The maximum atomic E-state index is 11.9. The standard InChI is InChI=1S/C12H13BrCl2O4S/c1-7(2)3-4-19-12(16)9-5-8(13)6-10(11(9)14)20(15,17)18/h5-7H,3-4H2,1-2H3. The van der Waals surface area contributed by atoms with Gasteiger partial charge in [-0.1, -0.05) is 41.4 Å². The van der Waals surface area contributed by atoms with Gasteiger partial charge in [0, 0.05) is 15.2 Å². The van der Waals surface area contributed by atoms with Crippen molar-refractivity contribution in [3.05, 3.63) is 27.2 Å². The zero-order chi connectivity index (χ0) is 15.5. The number of carbonyl (C=O) groups excluding carboxylic acids is 1.